The molecule has 0 aromatic heterocycles. The Hall–Kier alpha value is -1.30. The van der Waals surface area contributed by atoms with Crippen LogP contribution in [0.1, 0.15) is 46.0 Å². The van der Waals surface area contributed by atoms with Crippen LogP contribution in [0.3, 0.4) is 0 Å². The number of guanidine groups is 1. The molecule has 0 spiro atoms. The first-order valence-corrected chi connectivity index (χ1v) is 9.29. The van der Waals surface area contributed by atoms with Gasteiger partial charge in [0.25, 0.3) is 0 Å². The lowest BCUT2D eigenvalue weighted by molar-refractivity contribution is -0.127. The lowest BCUT2D eigenvalue weighted by Crippen LogP contribution is -2.50. The number of likely N-dealkylation sites (N-methyl/N-ethyl adjacent to an activating group) is 1. The molecule has 2 N–H and O–H groups in total. The molecule has 0 aromatic carbocycles. The maximum absolute atomic E-state index is 11.9. The first-order valence-electron chi connectivity index (χ1n) is 9.29. The fourth-order valence-corrected chi connectivity index (χ4v) is 3.71. The van der Waals surface area contributed by atoms with Gasteiger partial charge in [-0.3, -0.25) is 4.79 Å². The summed E-state index contributed by atoms with van der Waals surface area (Å²) in [7, 11) is 3.53. The van der Waals surface area contributed by atoms with Gasteiger partial charge in [0.1, 0.15) is 6.54 Å². The van der Waals surface area contributed by atoms with E-state index in [1.54, 1.807) is 19.0 Å². The van der Waals surface area contributed by atoms with Crippen LogP contribution in [-0.2, 0) is 9.53 Å². The third-order valence-corrected chi connectivity index (χ3v) is 4.95. The van der Waals surface area contributed by atoms with Crippen LogP contribution in [0.5, 0.6) is 0 Å². The molecule has 2 rings (SSSR count). The summed E-state index contributed by atoms with van der Waals surface area (Å²) < 4.78 is 5.43. The Balaban J connectivity index is 1.97. The van der Waals surface area contributed by atoms with Crippen LogP contribution in [0.2, 0.25) is 0 Å². The predicted molar refractivity (Wildman–Crippen MR) is 97.1 cm³/mol. The van der Waals surface area contributed by atoms with E-state index < -0.39 is 0 Å². The van der Waals surface area contributed by atoms with Gasteiger partial charge in [0.05, 0.1) is 0 Å². The van der Waals surface area contributed by atoms with E-state index >= 15 is 0 Å². The maximum Gasteiger partial charge on any atom is 0.243 e. The number of hydrogen-bond donors (Lipinski definition) is 2. The number of amides is 1. The van der Waals surface area contributed by atoms with Gasteiger partial charge in [-0.1, -0.05) is 13.8 Å². The monoisotopic (exact) mass is 338 g/mol. The Morgan fingerprint density at radius 3 is 2.21 bits per heavy atom. The molecule has 1 heterocycles. The normalized spacial score (nSPS) is 29.2. The topological polar surface area (TPSA) is 66.0 Å². The van der Waals surface area contributed by atoms with Crippen LogP contribution in [0.4, 0.5) is 0 Å². The summed E-state index contributed by atoms with van der Waals surface area (Å²) in [5, 5.41) is 7.10. The van der Waals surface area contributed by atoms with E-state index in [4.69, 9.17) is 4.74 Å². The lowest BCUT2D eigenvalue weighted by Gasteiger charge is -2.34. The Morgan fingerprint density at radius 2 is 1.62 bits per heavy atom. The number of hydrogen-bond acceptors (Lipinski definition) is 3. The molecular formula is C18H34N4O2. The van der Waals surface area contributed by atoms with E-state index in [2.05, 4.69) is 29.5 Å². The minimum Gasteiger partial charge on any atom is -0.381 e. The Bertz CT molecular complexity index is 423. The fourth-order valence-electron chi connectivity index (χ4n) is 3.71. The van der Waals surface area contributed by atoms with Gasteiger partial charge < -0.3 is 20.3 Å². The second-order valence-electron chi connectivity index (χ2n) is 7.74. The molecule has 1 aliphatic carbocycles. The zero-order valence-electron chi connectivity index (χ0n) is 15.7. The summed E-state index contributed by atoms with van der Waals surface area (Å²) in [6.45, 7) is 6.41. The molecule has 0 bridgehead atoms. The van der Waals surface area contributed by atoms with Gasteiger partial charge in [-0.05, 0) is 43.9 Å². The molecule has 0 radical (unpaired) electrons. The van der Waals surface area contributed by atoms with Gasteiger partial charge in [-0.2, -0.15) is 0 Å². The van der Waals surface area contributed by atoms with Crippen LogP contribution in [0, 0.1) is 11.8 Å². The van der Waals surface area contributed by atoms with Gasteiger partial charge in [-0.25, -0.2) is 4.99 Å². The van der Waals surface area contributed by atoms with Crippen molar-refractivity contribution in [3.05, 3.63) is 0 Å². The molecule has 2 unspecified atom stereocenters. The van der Waals surface area contributed by atoms with Crippen LogP contribution in [-0.4, -0.2) is 62.7 Å². The van der Waals surface area contributed by atoms with Gasteiger partial charge >= 0.3 is 0 Å². The number of carbonyl (C=O) groups excluding carboxylic acids is 1. The zero-order valence-corrected chi connectivity index (χ0v) is 15.7. The standard InChI is InChI=1S/C18H34N4O2/c1-13-9-14(2)11-16(10-13)21-18(19-12-17(23)22(3)4)20-15-5-7-24-8-6-15/h13-16H,5-12H2,1-4H3,(H2,19,20,21). The van der Waals surface area contributed by atoms with Crippen molar-refractivity contribution >= 4 is 11.9 Å². The first-order chi connectivity index (χ1) is 11.4. The number of nitrogens with one attached hydrogen (secondary N) is 2. The predicted octanol–water partition coefficient (Wildman–Crippen LogP) is 1.61. The van der Waals surface area contributed by atoms with Gasteiger partial charge in [0.2, 0.25) is 5.91 Å². The summed E-state index contributed by atoms with van der Waals surface area (Å²) in [6, 6.07) is 0.808. The van der Waals surface area contributed by atoms with Crippen molar-refractivity contribution in [1.82, 2.24) is 15.5 Å². The van der Waals surface area contributed by atoms with E-state index in [-0.39, 0.29) is 12.5 Å². The molecule has 138 valence electrons. The Labute approximate surface area is 146 Å². The molecule has 2 aliphatic rings. The summed E-state index contributed by atoms with van der Waals surface area (Å²) in [4.78, 5) is 18.0. The molecular weight excluding hydrogens is 304 g/mol. The van der Waals surface area contributed by atoms with Crippen LogP contribution >= 0.6 is 0 Å². The molecule has 0 aromatic rings. The van der Waals surface area contributed by atoms with E-state index in [0.29, 0.717) is 12.1 Å². The van der Waals surface area contributed by atoms with Crippen molar-refractivity contribution in [3.63, 3.8) is 0 Å². The second-order valence-corrected chi connectivity index (χ2v) is 7.74. The van der Waals surface area contributed by atoms with E-state index in [1.165, 1.54) is 19.3 Å². The zero-order chi connectivity index (χ0) is 17.5. The van der Waals surface area contributed by atoms with Gasteiger partial charge in [0, 0.05) is 39.4 Å². The van der Waals surface area contributed by atoms with Crippen molar-refractivity contribution < 1.29 is 9.53 Å². The molecule has 2 atom stereocenters. The first kappa shape index (κ1) is 19.0. The third kappa shape index (κ3) is 6.30. The fraction of sp³-hybridized carbons (Fsp3) is 0.889. The molecule has 6 nitrogen and oxygen atoms in total. The van der Waals surface area contributed by atoms with E-state index in [9.17, 15) is 4.79 Å². The van der Waals surface area contributed by atoms with Crippen molar-refractivity contribution in [2.75, 3.05) is 33.9 Å². The highest BCUT2D eigenvalue weighted by Crippen LogP contribution is 2.28. The number of carbonyl (C=O) groups is 1. The molecule has 2 fully saturated rings. The number of aliphatic imine (C=N–C) groups is 1. The summed E-state index contributed by atoms with van der Waals surface area (Å²) >= 11 is 0. The van der Waals surface area contributed by atoms with Crippen LogP contribution in [0.15, 0.2) is 4.99 Å². The van der Waals surface area contributed by atoms with E-state index in [0.717, 1.165) is 43.9 Å². The summed E-state index contributed by atoms with van der Waals surface area (Å²) in [6.07, 6.45) is 5.61. The molecule has 1 amide bonds. The van der Waals surface area contributed by atoms with Crippen molar-refractivity contribution in [3.8, 4) is 0 Å². The largest absolute Gasteiger partial charge is 0.381 e. The van der Waals surface area contributed by atoms with Crippen LogP contribution in [0.25, 0.3) is 0 Å². The SMILES string of the molecule is CC1CC(C)CC(NC(=NCC(=O)N(C)C)NC2CCOCC2)C1. The quantitative estimate of drug-likeness (QED) is 0.604. The number of rotatable bonds is 4. The molecule has 1 saturated heterocycles. The summed E-state index contributed by atoms with van der Waals surface area (Å²) in [5.74, 6) is 2.27. The number of ether oxygens (including phenoxy) is 1. The molecule has 6 heteroatoms. The van der Waals surface area contributed by atoms with Gasteiger partial charge in [-0.15, -0.1) is 0 Å². The van der Waals surface area contributed by atoms with Crippen molar-refractivity contribution in [2.45, 2.75) is 58.0 Å². The minimum absolute atomic E-state index is 0.0217. The highest BCUT2D eigenvalue weighted by Gasteiger charge is 2.25. The molecule has 1 saturated carbocycles. The third-order valence-electron chi connectivity index (χ3n) is 4.95. The minimum atomic E-state index is 0.0217. The van der Waals surface area contributed by atoms with Crippen LogP contribution < -0.4 is 10.6 Å². The summed E-state index contributed by atoms with van der Waals surface area (Å²) in [5.41, 5.74) is 0. The highest BCUT2D eigenvalue weighted by molar-refractivity contribution is 5.85. The van der Waals surface area contributed by atoms with E-state index in [1.807, 2.05) is 0 Å². The average Bonchev–Trinajstić information content (AvgIpc) is 2.52. The Morgan fingerprint density at radius 1 is 1.04 bits per heavy atom. The lowest BCUT2D eigenvalue weighted by atomic mass is 9.80. The average molecular weight is 338 g/mol. The molecule has 24 heavy (non-hydrogen) atoms. The van der Waals surface area contributed by atoms with Crippen molar-refractivity contribution in [1.29, 1.82) is 0 Å². The Kier molecular flexibility index (Phi) is 7.34. The smallest absolute Gasteiger partial charge is 0.243 e. The number of nitrogens with zero attached hydrogens (tertiary/aromatic N) is 2. The second kappa shape index (κ2) is 9.25. The van der Waals surface area contributed by atoms with Gasteiger partial charge in [0.15, 0.2) is 5.96 Å². The van der Waals surface area contributed by atoms with Crippen molar-refractivity contribution in [2.24, 2.45) is 16.8 Å². The molecule has 1 aliphatic heterocycles. The maximum atomic E-state index is 11.9. The highest BCUT2D eigenvalue weighted by atomic mass is 16.5.